The highest BCUT2D eigenvalue weighted by Crippen LogP contribution is 2.54. The van der Waals surface area contributed by atoms with Gasteiger partial charge in [0.25, 0.3) is 0 Å². The predicted molar refractivity (Wildman–Crippen MR) is 122 cm³/mol. The summed E-state index contributed by atoms with van der Waals surface area (Å²) in [4.78, 5) is 54.1. The highest BCUT2D eigenvalue weighted by molar-refractivity contribution is 6.15. The number of fused-ring (bicyclic) bond motifs is 5. The van der Waals surface area contributed by atoms with Gasteiger partial charge >= 0.3 is 0 Å². The number of hydrogen-bond acceptors (Lipinski definition) is 7. The van der Waals surface area contributed by atoms with Crippen LogP contribution in [0.1, 0.15) is 28.7 Å². The van der Waals surface area contributed by atoms with E-state index in [1.165, 1.54) is 4.90 Å². The van der Waals surface area contributed by atoms with Gasteiger partial charge in [0, 0.05) is 23.7 Å². The lowest BCUT2D eigenvalue weighted by atomic mass is 9.76. The van der Waals surface area contributed by atoms with Crippen LogP contribution in [0.25, 0.3) is 0 Å². The molecule has 2 saturated heterocycles. The van der Waals surface area contributed by atoms with Crippen LogP contribution in [0.5, 0.6) is 11.5 Å². The number of nitrogens with one attached hydrogen (secondary N) is 2. The summed E-state index contributed by atoms with van der Waals surface area (Å²) in [5, 5.41) is 6.14. The largest absolute Gasteiger partial charge is 0.454 e. The number of primary amides is 1. The van der Waals surface area contributed by atoms with E-state index in [1.807, 2.05) is 26.0 Å². The first-order valence-corrected chi connectivity index (χ1v) is 11.4. The number of carbonyl (C=O) groups is 4. The Morgan fingerprint density at radius 3 is 2.66 bits per heavy atom. The second-order valence-electron chi connectivity index (χ2n) is 9.57. The molecule has 2 fully saturated rings. The highest BCUT2D eigenvalue weighted by atomic mass is 16.7. The van der Waals surface area contributed by atoms with E-state index in [-0.39, 0.29) is 19.8 Å². The van der Waals surface area contributed by atoms with Gasteiger partial charge in [0.05, 0.1) is 18.4 Å². The number of nitrogens with two attached hydrogens (primary N) is 1. The first-order chi connectivity index (χ1) is 16.7. The second-order valence-corrected chi connectivity index (χ2v) is 9.57. The van der Waals surface area contributed by atoms with Gasteiger partial charge in [-0.2, -0.15) is 0 Å². The predicted octanol–water partition coefficient (Wildman–Crippen LogP) is 0.828. The van der Waals surface area contributed by atoms with E-state index in [0.717, 1.165) is 11.1 Å². The molecule has 4 heterocycles. The van der Waals surface area contributed by atoms with E-state index in [4.69, 9.17) is 15.2 Å². The van der Waals surface area contributed by atoms with Gasteiger partial charge < -0.3 is 20.5 Å². The Balaban J connectivity index is 1.43. The van der Waals surface area contributed by atoms with E-state index >= 15 is 0 Å². The van der Waals surface area contributed by atoms with Crippen molar-refractivity contribution in [1.82, 2.24) is 10.2 Å². The number of benzene rings is 2. The zero-order chi connectivity index (χ0) is 24.6. The Kier molecular flexibility index (Phi) is 4.50. The van der Waals surface area contributed by atoms with Crippen LogP contribution in [0.2, 0.25) is 0 Å². The van der Waals surface area contributed by atoms with Crippen LogP contribution in [0.15, 0.2) is 30.3 Å². The molecule has 4 aliphatic heterocycles. The minimum absolute atomic E-state index is 0.0160. The molecule has 1 spiro atoms. The number of amides is 4. The van der Waals surface area contributed by atoms with E-state index in [9.17, 15) is 19.2 Å². The number of anilines is 1. The van der Waals surface area contributed by atoms with Crippen LogP contribution >= 0.6 is 0 Å². The Bertz CT molecular complexity index is 1340. The van der Waals surface area contributed by atoms with Crippen molar-refractivity contribution < 1.29 is 28.7 Å². The first kappa shape index (κ1) is 21.6. The molecule has 6 rings (SSSR count). The minimum Gasteiger partial charge on any atom is -0.454 e. The van der Waals surface area contributed by atoms with E-state index in [1.54, 1.807) is 18.2 Å². The average Bonchev–Trinajstić information content (AvgIpc) is 3.53. The van der Waals surface area contributed by atoms with Crippen molar-refractivity contribution in [2.75, 3.05) is 12.1 Å². The normalized spacial score (nSPS) is 28.0. The number of aryl methyl sites for hydroxylation is 1. The van der Waals surface area contributed by atoms with Gasteiger partial charge in [0.2, 0.25) is 30.4 Å². The Labute approximate surface area is 200 Å². The summed E-state index contributed by atoms with van der Waals surface area (Å²) in [6, 6.07) is 8.17. The molecule has 0 aromatic heterocycles. The fraction of sp³-hybridized carbons (Fsp3) is 0.360. The lowest BCUT2D eigenvalue weighted by Crippen LogP contribution is -2.53. The number of nitrogens with zero attached hydrogens (tertiary/aromatic N) is 1. The highest BCUT2D eigenvalue weighted by Gasteiger charge is 2.70. The Morgan fingerprint density at radius 1 is 1.11 bits per heavy atom. The molecule has 0 radical (unpaired) electrons. The SMILES string of the molecule is Cc1ccc2c(c1C)NC(=O)[C@]21N[C@H](CC(N)=O)[C@H]2C(=O)N(Cc3ccc4c(c3)OCO4)C(=O)[C@@H]21. The molecular formula is C25H24N4O6. The number of ether oxygens (including phenoxy) is 2. The first-order valence-electron chi connectivity index (χ1n) is 11.4. The van der Waals surface area contributed by atoms with Gasteiger partial charge in [0.1, 0.15) is 5.54 Å². The van der Waals surface area contributed by atoms with Crippen LogP contribution in [0.3, 0.4) is 0 Å². The van der Waals surface area contributed by atoms with E-state index in [2.05, 4.69) is 10.6 Å². The maximum absolute atomic E-state index is 13.8. The van der Waals surface area contributed by atoms with Gasteiger partial charge in [-0.05, 0) is 42.7 Å². The molecule has 2 aromatic carbocycles. The van der Waals surface area contributed by atoms with Crippen LogP contribution < -0.4 is 25.8 Å². The monoisotopic (exact) mass is 476 g/mol. The fourth-order valence-electron chi connectivity index (χ4n) is 5.95. The van der Waals surface area contributed by atoms with Gasteiger partial charge in [0.15, 0.2) is 11.5 Å². The number of hydrogen-bond donors (Lipinski definition) is 3. The summed E-state index contributed by atoms with van der Waals surface area (Å²) in [5.74, 6) is -2.68. The molecular weight excluding hydrogens is 452 g/mol. The van der Waals surface area contributed by atoms with E-state index in [0.29, 0.717) is 28.3 Å². The molecule has 0 saturated carbocycles. The summed E-state index contributed by atoms with van der Waals surface area (Å²) in [6.07, 6.45) is -0.173. The number of carbonyl (C=O) groups excluding carboxylic acids is 4. The summed E-state index contributed by atoms with van der Waals surface area (Å²) >= 11 is 0. The standard InChI is InChI=1S/C25H24N4O6/c1-11-3-5-14-21(12(11)2)27-24(33)25(14)20-19(15(28-25)8-18(26)30)22(31)29(23(20)32)9-13-4-6-16-17(7-13)35-10-34-16/h3-7,15,19-20,28H,8-10H2,1-2H3,(H2,26,30)(H,27,33)/t15-,19-,20-,25+/m1/s1. The van der Waals surface area contributed by atoms with Gasteiger partial charge in [-0.15, -0.1) is 0 Å². The third-order valence-corrected chi connectivity index (χ3v) is 7.71. The van der Waals surface area contributed by atoms with Crippen LogP contribution in [0.4, 0.5) is 5.69 Å². The van der Waals surface area contributed by atoms with Crippen molar-refractivity contribution in [1.29, 1.82) is 0 Å². The molecule has 10 heteroatoms. The topological polar surface area (TPSA) is 140 Å². The van der Waals surface area contributed by atoms with E-state index < -0.39 is 47.0 Å². The quantitative estimate of drug-likeness (QED) is 0.555. The number of imide groups is 1. The van der Waals surface area contributed by atoms with Crippen molar-refractivity contribution >= 4 is 29.3 Å². The minimum atomic E-state index is -1.46. The molecule has 2 aromatic rings. The van der Waals surface area contributed by atoms with Crippen molar-refractivity contribution in [2.45, 2.75) is 38.4 Å². The summed E-state index contributed by atoms with van der Waals surface area (Å²) in [7, 11) is 0. The molecule has 0 unspecified atom stereocenters. The van der Waals surface area contributed by atoms with Crippen molar-refractivity contribution in [3.63, 3.8) is 0 Å². The smallest absolute Gasteiger partial charge is 0.250 e. The van der Waals surface area contributed by atoms with Crippen LogP contribution in [-0.2, 0) is 31.3 Å². The third-order valence-electron chi connectivity index (χ3n) is 7.71. The lowest BCUT2D eigenvalue weighted by molar-refractivity contribution is -0.143. The Morgan fingerprint density at radius 2 is 1.89 bits per heavy atom. The Hall–Kier alpha value is -3.92. The maximum atomic E-state index is 13.8. The van der Waals surface area contributed by atoms with Gasteiger partial charge in [-0.3, -0.25) is 29.4 Å². The zero-order valence-electron chi connectivity index (χ0n) is 19.2. The van der Waals surface area contributed by atoms with Crippen molar-refractivity contribution in [3.8, 4) is 11.5 Å². The summed E-state index contributed by atoms with van der Waals surface area (Å²) < 4.78 is 10.8. The molecule has 10 nitrogen and oxygen atoms in total. The molecule has 4 amide bonds. The third kappa shape index (κ3) is 2.86. The number of likely N-dealkylation sites (tertiary alicyclic amines) is 1. The zero-order valence-corrected chi connectivity index (χ0v) is 19.2. The van der Waals surface area contributed by atoms with Crippen LogP contribution in [0, 0.1) is 25.7 Å². The van der Waals surface area contributed by atoms with Crippen molar-refractivity contribution in [3.05, 3.63) is 52.6 Å². The summed E-state index contributed by atoms with van der Waals surface area (Å²) in [6.45, 7) is 3.96. The molecule has 0 bridgehead atoms. The number of rotatable bonds is 4. The van der Waals surface area contributed by atoms with Crippen molar-refractivity contribution in [2.24, 2.45) is 17.6 Å². The molecule has 4 aliphatic rings. The lowest BCUT2D eigenvalue weighted by Gasteiger charge is -2.29. The second kappa shape index (κ2) is 7.29. The fourth-order valence-corrected chi connectivity index (χ4v) is 5.95. The van der Waals surface area contributed by atoms with Crippen LogP contribution in [-0.4, -0.2) is 41.4 Å². The molecule has 0 aliphatic carbocycles. The van der Waals surface area contributed by atoms with Gasteiger partial charge in [-0.25, -0.2) is 0 Å². The van der Waals surface area contributed by atoms with Gasteiger partial charge in [-0.1, -0.05) is 18.2 Å². The molecule has 4 N–H and O–H groups in total. The maximum Gasteiger partial charge on any atom is 0.250 e. The molecule has 180 valence electrons. The summed E-state index contributed by atoms with van der Waals surface area (Å²) in [5.41, 5.74) is 7.83. The molecule has 4 atom stereocenters. The molecule has 35 heavy (non-hydrogen) atoms. The average molecular weight is 476 g/mol.